The highest BCUT2D eigenvalue weighted by Crippen LogP contribution is 2.13. The first-order valence-electron chi connectivity index (χ1n) is 7.85. The van der Waals surface area contributed by atoms with Gasteiger partial charge in [-0.05, 0) is 38.1 Å². The van der Waals surface area contributed by atoms with Crippen molar-refractivity contribution in [2.45, 2.75) is 20.4 Å². The second kappa shape index (κ2) is 10.8. The van der Waals surface area contributed by atoms with E-state index in [4.69, 9.17) is 9.15 Å². The highest BCUT2D eigenvalue weighted by molar-refractivity contribution is 7.77. The summed E-state index contributed by atoms with van der Waals surface area (Å²) >= 11 is 0. The fourth-order valence-electron chi connectivity index (χ4n) is 1.98. The highest BCUT2D eigenvalue weighted by Gasteiger charge is 2.14. The Labute approximate surface area is 160 Å². The molecule has 1 rings (SSSR count). The molecule has 1 aromatic heterocycles. The molecule has 0 aliphatic rings. The quantitative estimate of drug-likeness (QED) is 0.208. The fourth-order valence-corrected chi connectivity index (χ4v) is 2.39. The van der Waals surface area contributed by atoms with Crippen LogP contribution in [0.1, 0.15) is 30.2 Å². The topological polar surface area (TPSA) is 101 Å². The lowest BCUT2D eigenvalue weighted by Crippen LogP contribution is -2.22. The van der Waals surface area contributed by atoms with Gasteiger partial charge in [0.15, 0.2) is 16.5 Å². The van der Waals surface area contributed by atoms with E-state index in [0.717, 1.165) is 0 Å². The Morgan fingerprint density at radius 3 is 2.63 bits per heavy atom. The molecule has 0 aliphatic carbocycles. The summed E-state index contributed by atoms with van der Waals surface area (Å²) in [5, 5.41) is 7.82. The average Bonchev–Trinajstić information content (AvgIpc) is 3.11. The van der Waals surface area contributed by atoms with Crippen molar-refractivity contribution in [3.05, 3.63) is 71.0 Å². The lowest BCUT2D eigenvalue weighted by atomic mass is 10.3. The first-order valence-corrected chi connectivity index (χ1v) is 9.03. The molecule has 1 heterocycles. The van der Waals surface area contributed by atoms with Crippen LogP contribution in [0.5, 0.6) is 0 Å². The van der Waals surface area contributed by atoms with Gasteiger partial charge >= 0.3 is 0 Å². The number of hydrogen-bond donors (Lipinski definition) is 2. The average molecular weight is 393 g/mol. The maximum Gasteiger partial charge on any atom is 0.291 e. The molecule has 0 atom stereocenters. The third-order valence-electron chi connectivity index (χ3n) is 3.40. The second-order valence-corrected chi connectivity index (χ2v) is 6.17. The SMILES string of the molecule is C=CN(Cc1ccc(C(=O)N/C(C)=C(/C=C\C(=C/C)[SH](=O)=O)OC)o1)N=C. The maximum absolute atomic E-state index is 12.3. The zero-order chi connectivity index (χ0) is 20.4. The number of carbonyl (C=O) groups excluding carboxylic acids is 1. The molecule has 0 unspecified atom stereocenters. The molecule has 0 saturated carbocycles. The summed E-state index contributed by atoms with van der Waals surface area (Å²) in [5.41, 5.74) is 0.397. The molecule has 0 aromatic carbocycles. The number of allylic oxidation sites excluding steroid dienone is 4. The molecule has 0 spiro atoms. The van der Waals surface area contributed by atoms with Gasteiger partial charge in [-0.15, -0.1) is 0 Å². The van der Waals surface area contributed by atoms with E-state index in [0.29, 0.717) is 23.8 Å². The van der Waals surface area contributed by atoms with Gasteiger partial charge in [0.1, 0.15) is 11.5 Å². The molecule has 1 amide bonds. The van der Waals surface area contributed by atoms with E-state index < -0.39 is 16.6 Å². The molecular weight excluding hydrogens is 370 g/mol. The third-order valence-corrected chi connectivity index (χ3v) is 4.23. The summed E-state index contributed by atoms with van der Waals surface area (Å²) in [6, 6.07) is 3.18. The van der Waals surface area contributed by atoms with Crippen LogP contribution in [0.2, 0.25) is 0 Å². The lowest BCUT2D eigenvalue weighted by Gasteiger charge is -2.10. The van der Waals surface area contributed by atoms with Crippen LogP contribution < -0.4 is 5.32 Å². The number of nitrogens with zero attached hydrogens (tertiary/aromatic N) is 2. The third kappa shape index (κ3) is 6.63. The van der Waals surface area contributed by atoms with Crippen LogP contribution in [0.4, 0.5) is 0 Å². The van der Waals surface area contributed by atoms with Gasteiger partial charge in [0.2, 0.25) is 0 Å². The normalized spacial score (nSPS) is 12.7. The number of rotatable bonds is 10. The number of methoxy groups -OCH3 is 1. The summed E-state index contributed by atoms with van der Waals surface area (Å²) < 4.78 is 32.8. The number of nitrogens with one attached hydrogen (secondary N) is 1. The number of hydrazone groups is 1. The van der Waals surface area contributed by atoms with E-state index in [1.165, 1.54) is 42.6 Å². The fraction of sp³-hybridized carbons (Fsp3) is 0.222. The van der Waals surface area contributed by atoms with Crippen LogP contribution in [0, 0.1) is 0 Å². The van der Waals surface area contributed by atoms with Crippen molar-refractivity contribution in [2.75, 3.05) is 7.11 Å². The van der Waals surface area contributed by atoms with Crippen LogP contribution in [0.3, 0.4) is 0 Å². The Bertz CT molecular complexity index is 846. The maximum atomic E-state index is 12.3. The van der Waals surface area contributed by atoms with Crippen LogP contribution in [-0.2, 0) is 22.0 Å². The molecule has 9 heteroatoms. The van der Waals surface area contributed by atoms with Gasteiger partial charge in [-0.2, -0.15) is 5.10 Å². The van der Waals surface area contributed by atoms with Gasteiger partial charge in [0.25, 0.3) is 5.91 Å². The van der Waals surface area contributed by atoms with Crippen molar-refractivity contribution >= 4 is 23.3 Å². The first kappa shape index (κ1) is 22.0. The number of ether oxygens (including phenoxy) is 1. The predicted molar refractivity (Wildman–Crippen MR) is 104 cm³/mol. The molecule has 0 radical (unpaired) electrons. The summed E-state index contributed by atoms with van der Waals surface area (Å²) in [7, 11) is -1.29. The van der Waals surface area contributed by atoms with Gasteiger partial charge < -0.3 is 14.5 Å². The largest absolute Gasteiger partial charge is 0.495 e. The van der Waals surface area contributed by atoms with Crippen molar-refractivity contribution in [2.24, 2.45) is 5.10 Å². The van der Waals surface area contributed by atoms with E-state index in [9.17, 15) is 13.2 Å². The summed E-state index contributed by atoms with van der Waals surface area (Å²) in [4.78, 5) is 12.5. The Kier molecular flexibility index (Phi) is 8.80. The van der Waals surface area contributed by atoms with Crippen molar-refractivity contribution in [3.8, 4) is 0 Å². The van der Waals surface area contributed by atoms with Gasteiger partial charge in [0.05, 0.1) is 24.3 Å². The van der Waals surface area contributed by atoms with Gasteiger partial charge in [-0.3, -0.25) is 9.80 Å². The molecule has 1 N–H and O–H groups in total. The number of thiol groups is 1. The predicted octanol–water partition coefficient (Wildman–Crippen LogP) is 2.52. The number of amides is 1. The molecule has 27 heavy (non-hydrogen) atoms. The summed E-state index contributed by atoms with van der Waals surface area (Å²) in [6.07, 6.45) is 5.78. The Hall–Kier alpha value is -3.07. The van der Waals surface area contributed by atoms with Crippen molar-refractivity contribution in [3.63, 3.8) is 0 Å². The first-order chi connectivity index (χ1) is 12.9. The molecule has 0 aliphatic heterocycles. The Morgan fingerprint density at radius 1 is 1.41 bits per heavy atom. The number of carbonyl (C=O) groups is 1. The van der Waals surface area contributed by atoms with Crippen LogP contribution >= 0.6 is 0 Å². The van der Waals surface area contributed by atoms with Crippen molar-refractivity contribution < 1.29 is 22.4 Å². The van der Waals surface area contributed by atoms with Gasteiger partial charge in [0, 0.05) is 12.9 Å². The second-order valence-electron chi connectivity index (χ2n) is 5.14. The lowest BCUT2D eigenvalue weighted by molar-refractivity contribution is 0.0933. The van der Waals surface area contributed by atoms with E-state index in [-0.39, 0.29) is 10.7 Å². The minimum atomic E-state index is -2.71. The number of hydrogen-bond acceptors (Lipinski definition) is 7. The zero-order valence-corrected chi connectivity index (χ0v) is 16.4. The molecular formula is C18H23N3O5S. The monoisotopic (exact) mass is 393 g/mol. The Morgan fingerprint density at radius 2 is 2.11 bits per heavy atom. The molecule has 1 aromatic rings. The smallest absolute Gasteiger partial charge is 0.291 e. The zero-order valence-electron chi connectivity index (χ0n) is 15.5. The standard InChI is InChI=1S/C18H23N3O5S/c1-6-15(27(23)24)9-11-16(25-5)13(3)20-18(22)17-10-8-14(26-17)12-21(7-2)19-4/h6-11,27H,2,4,12H2,1,3,5H3,(H,20,22)/b11-9-,15-6+,16-13-. The van der Waals surface area contributed by atoms with Crippen molar-refractivity contribution in [1.29, 1.82) is 0 Å². The van der Waals surface area contributed by atoms with Crippen molar-refractivity contribution in [1.82, 2.24) is 10.3 Å². The molecule has 0 fully saturated rings. The molecule has 0 bridgehead atoms. The van der Waals surface area contributed by atoms with Gasteiger partial charge in [-0.25, -0.2) is 8.42 Å². The van der Waals surface area contributed by atoms with Crippen LogP contribution in [0.15, 0.2) is 69.0 Å². The summed E-state index contributed by atoms with van der Waals surface area (Å²) in [6.45, 7) is 10.5. The van der Waals surface area contributed by atoms with Crippen LogP contribution in [-0.4, -0.2) is 33.2 Å². The van der Waals surface area contributed by atoms with E-state index in [1.807, 2.05) is 0 Å². The van der Waals surface area contributed by atoms with Crippen LogP contribution in [0.25, 0.3) is 0 Å². The Balaban J connectivity index is 2.91. The minimum Gasteiger partial charge on any atom is -0.495 e. The molecule has 8 nitrogen and oxygen atoms in total. The van der Waals surface area contributed by atoms with E-state index in [1.54, 1.807) is 19.9 Å². The minimum absolute atomic E-state index is 0.105. The highest BCUT2D eigenvalue weighted by atomic mass is 32.2. The summed E-state index contributed by atoms with van der Waals surface area (Å²) in [5.74, 6) is 0.450. The van der Waals surface area contributed by atoms with E-state index >= 15 is 0 Å². The van der Waals surface area contributed by atoms with Gasteiger partial charge in [-0.1, -0.05) is 12.7 Å². The molecule has 0 saturated heterocycles. The molecule has 146 valence electrons. The number of furan rings is 1. The van der Waals surface area contributed by atoms with E-state index in [2.05, 4.69) is 23.7 Å².